The van der Waals surface area contributed by atoms with Crippen molar-refractivity contribution < 1.29 is 32.6 Å². The van der Waals surface area contributed by atoms with Gasteiger partial charge in [0.25, 0.3) is 5.91 Å². The highest BCUT2D eigenvalue weighted by molar-refractivity contribution is 7.89. The molecule has 2 aromatic rings. The number of aliphatic hydroxyl groups excluding tert-OH is 1. The molecule has 46 heavy (non-hydrogen) atoms. The van der Waals surface area contributed by atoms with Crippen LogP contribution in [0, 0.1) is 5.92 Å². The van der Waals surface area contributed by atoms with E-state index >= 15 is 0 Å². The van der Waals surface area contributed by atoms with Crippen LogP contribution in [0.5, 0.6) is 5.75 Å². The third-order valence-electron chi connectivity index (χ3n) is 8.23. The van der Waals surface area contributed by atoms with Crippen molar-refractivity contribution in [3.8, 4) is 5.75 Å². The maximum atomic E-state index is 14.3. The van der Waals surface area contributed by atoms with Gasteiger partial charge in [0.05, 0.1) is 35.3 Å². The summed E-state index contributed by atoms with van der Waals surface area (Å²) in [4.78, 5) is 30.7. The van der Waals surface area contributed by atoms with Crippen LogP contribution in [-0.2, 0) is 19.6 Å². The lowest BCUT2D eigenvalue weighted by molar-refractivity contribution is -0.116. The molecule has 2 N–H and O–H groups in total. The largest absolute Gasteiger partial charge is 0.490 e. The Morgan fingerprint density at radius 3 is 2.50 bits per heavy atom. The van der Waals surface area contributed by atoms with Crippen LogP contribution in [0.2, 0.25) is 0 Å². The van der Waals surface area contributed by atoms with E-state index in [2.05, 4.69) is 5.32 Å². The highest BCUT2D eigenvalue weighted by Crippen LogP contribution is 2.29. The van der Waals surface area contributed by atoms with Gasteiger partial charge in [0, 0.05) is 44.8 Å². The van der Waals surface area contributed by atoms with Crippen LogP contribution in [0.3, 0.4) is 0 Å². The molecule has 4 atom stereocenters. The minimum absolute atomic E-state index is 0.0913. The van der Waals surface area contributed by atoms with Crippen molar-refractivity contribution in [1.82, 2.24) is 14.1 Å². The maximum Gasteiger partial charge on any atom is 0.258 e. The third kappa shape index (κ3) is 10.8. The number of nitrogens with one attached hydrogen (secondary N) is 1. The fourth-order valence-electron chi connectivity index (χ4n) is 5.37. The predicted octanol–water partition coefficient (Wildman–Crippen LogP) is 4.08. The van der Waals surface area contributed by atoms with Crippen molar-refractivity contribution in [3.63, 3.8) is 0 Å². The Balaban J connectivity index is 1.92. The van der Waals surface area contributed by atoms with Gasteiger partial charge in [-0.2, -0.15) is 4.31 Å². The number of fused-ring (bicyclic) bond motifs is 1. The third-order valence-corrected chi connectivity index (χ3v) is 10.1. The lowest BCUT2D eigenvalue weighted by Crippen LogP contribution is -2.48. The Labute approximate surface area is 274 Å². The van der Waals surface area contributed by atoms with E-state index in [0.717, 1.165) is 25.8 Å². The van der Waals surface area contributed by atoms with Crippen LogP contribution in [0.15, 0.2) is 53.4 Å². The van der Waals surface area contributed by atoms with E-state index in [9.17, 15) is 23.1 Å². The molecule has 2 amide bonds. The normalized spacial score (nSPS) is 20.9. The van der Waals surface area contributed by atoms with E-state index in [1.54, 1.807) is 60.4 Å². The molecule has 1 aliphatic rings. The highest BCUT2D eigenvalue weighted by Gasteiger charge is 2.32. The summed E-state index contributed by atoms with van der Waals surface area (Å²) in [6.45, 7) is 6.85. The molecule has 1 aliphatic heterocycles. The molecule has 0 aromatic heterocycles. The van der Waals surface area contributed by atoms with Gasteiger partial charge in [-0.15, -0.1) is 0 Å². The van der Waals surface area contributed by atoms with Gasteiger partial charge in [-0.3, -0.25) is 9.59 Å². The number of carbonyl (C=O) groups is 2. The summed E-state index contributed by atoms with van der Waals surface area (Å²) in [5.74, 6) is -0.393. The molecule has 2 aromatic carbocycles. The summed E-state index contributed by atoms with van der Waals surface area (Å²) in [5, 5.41) is 13.1. The van der Waals surface area contributed by atoms with Crippen LogP contribution in [0.25, 0.3) is 0 Å². The molecule has 0 unspecified atom stereocenters. The molecule has 3 rings (SSSR count). The SMILES string of the molecule is C[C@@H]1CCCCO[C@@H](CN(C)S(=O)(=O)c2ccccc2)[C@H](C)CN([C@H](C)CO)C(=O)c2cc(NC(=O)CCCN(C)C)ccc2O1. The van der Waals surface area contributed by atoms with Gasteiger partial charge in [0.2, 0.25) is 15.9 Å². The Kier molecular flexibility index (Phi) is 14.5. The summed E-state index contributed by atoms with van der Waals surface area (Å²) < 4.78 is 40.6. The number of hydrogen-bond acceptors (Lipinski definition) is 8. The molecule has 0 bridgehead atoms. The molecular formula is C34H52N4O7S. The van der Waals surface area contributed by atoms with Gasteiger partial charge in [0.15, 0.2) is 0 Å². The molecule has 11 nitrogen and oxygen atoms in total. The zero-order valence-electron chi connectivity index (χ0n) is 28.1. The molecule has 0 fully saturated rings. The lowest BCUT2D eigenvalue weighted by atomic mass is 10.0. The first-order valence-electron chi connectivity index (χ1n) is 16.1. The van der Waals surface area contributed by atoms with E-state index in [0.29, 0.717) is 30.9 Å². The molecule has 1 heterocycles. The lowest BCUT2D eigenvalue weighted by Gasteiger charge is -2.35. The summed E-state index contributed by atoms with van der Waals surface area (Å²) in [5.41, 5.74) is 0.765. The number of aliphatic hydroxyl groups is 1. The standard InChI is InChI=1S/C34H52N4O7S/c1-25-22-38(26(2)24-39)34(41)30-21-28(35-33(40)16-12-19-36(4)5)17-18-31(30)45-27(3)13-10-11-20-44-32(25)23-37(6)46(42,43)29-14-8-7-9-15-29/h7-9,14-15,17-18,21,25-27,32,39H,10-13,16,19-20,22-24H2,1-6H3,(H,35,40)/t25-,26-,27-,32+/m1/s1. The molecule has 0 spiro atoms. The summed E-state index contributed by atoms with van der Waals surface area (Å²) in [7, 11) is 1.69. The van der Waals surface area contributed by atoms with Crippen LogP contribution in [0.1, 0.15) is 63.2 Å². The number of nitrogens with zero attached hydrogens (tertiary/aromatic N) is 3. The first kappa shape index (κ1) is 37.4. The number of rotatable bonds is 11. The van der Waals surface area contributed by atoms with Crippen molar-refractivity contribution in [2.24, 2.45) is 5.92 Å². The number of likely N-dealkylation sites (N-methyl/N-ethyl adjacent to an activating group) is 1. The summed E-state index contributed by atoms with van der Waals surface area (Å²) >= 11 is 0. The van der Waals surface area contributed by atoms with E-state index in [4.69, 9.17) is 9.47 Å². The first-order valence-corrected chi connectivity index (χ1v) is 17.6. The number of benzene rings is 2. The average Bonchev–Trinajstić information content (AvgIpc) is 3.02. The van der Waals surface area contributed by atoms with Crippen LogP contribution >= 0.6 is 0 Å². The first-order chi connectivity index (χ1) is 21.8. The minimum Gasteiger partial charge on any atom is -0.490 e. The van der Waals surface area contributed by atoms with Gasteiger partial charge < -0.3 is 29.7 Å². The van der Waals surface area contributed by atoms with Gasteiger partial charge in [-0.25, -0.2) is 8.42 Å². The Morgan fingerprint density at radius 1 is 1.11 bits per heavy atom. The quantitative estimate of drug-likeness (QED) is 0.369. The predicted molar refractivity (Wildman–Crippen MR) is 180 cm³/mol. The number of anilines is 1. The fraction of sp³-hybridized carbons (Fsp3) is 0.588. The number of hydrogen-bond donors (Lipinski definition) is 2. The number of carbonyl (C=O) groups excluding carboxylic acids is 2. The Hall–Kier alpha value is -3.03. The minimum atomic E-state index is -3.76. The van der Waals surface area contributed by atoms with Gasteiger partial charge in [-0.05, 0) is 90.5 Å². The number of sulfonamides is 1. The van der Waals surface area contributed by atoms with Gasteiger partial charge in [0.1, 0.15) is 5.75 Å². The van der Waals surface area contributed by atoms with Crippen LogP contribution in [0.4, 0.5) is 5.69 Å². The molecule has 256 valence electrons. The maximum absolute atomic E-state index is 14.3. The molecule has 0 radical (unpaired) electrons. The monoisotopic (exact) mass is 660 g/mol. The zero-order valence-corrected chi connectivity index (χ0v) is 29.0. The van der Waals surface area contributed by atoms with Crippen molar-refractivity contribution >= 4 is 27.5 Å². The zero-order chi connectivity index (χ0) is 33.9. The van der Waals surface area contributed by atoms with E-state index in [-0.39, 0.29) is 54.0 Å². The molecule has 0 saturated carbocycles. The van der Waals surface area contributed by atoms with E-state index in [1.807, 2.05) is 32.8 Å². The topological polar surface area (TPSA) is 129 Å². The van der Waals surface area contributed by atoms with Gasteiger partial charge >= 0.3 is 0 Å². The summed E-state index contributed by atoms with van der Waals surface area (Å²) in [6, 6.07) is 12.8. The van der Waals surface area contributed by atoms with E-state index < -0.39 is 22.2 Å². The van der Waals surface area contributed by atoms with Crippen molar-refractivity contribution in [3.05, 3.63) is 54.1 Å². The highest BCUT2D eigenvalue weighted by atomic mass is 32.2. The second-order valence-electron chi connectivity index (χ2n) is 12.6. The summed E-state index contributed by atoms with van der Waals surface area (Å²) in [6.07, 6.45) is 2.63. The Morgan fingerprint density at radius 2 is 1.83 bits per heavy atom. The van der Waals surface area contributed by atoms with E-state index in [1.165, 1.54) is 11.4 Å². The average molecular weight is 661 g/mol. The smallest absolute Gasteiger partial charge is 0.258 e. The number of ether oxygens (including phenoxy) is 2. The second-order valence-corrected chi connectivity index (χ2v) is 14.6. The van der Waals surface area contributed by atoms with Crippen LogP contribution < -0.4 is 10.1 Å². The van der Waals surface area contributed by atoms with Crippen molar-refractivity contribution in [1.29, 1.82) is 0 Å². The van der Waals surface area contributed by atoms with Crippen molar-refractivity contribution in [2.45, 2.75) is 76.0 Å². The molecule has 0 aliphatic carbocycles. The number of amides is 2. The van der Waals surface area contributed by atoms with Crippen LogP contribution in [-0.4, -0.2) is 112 Å². The molecular weight excluding hydrogens is 608 g/mol. The Bertz CT molecular complexity index is 1370. The van der Waals surface area contributed by atoms with Gasteiger partial charge in [-0.1, -0.05) is 25.1 Å². The second kappa shape index (κ2) is 17.8. The van der Waals surface area contributed by atoms with Crippen molar-refractivity contribution in [2.75, 3.05) is 59.3 Å². The molecule has 12 heteroatoms. The molecule has 0 saturated heterocycles. The fourth-order valence-corrected chi connectivity index (χ4v) is 6.57.